The molecule has 34 heavy (non-hydrogen) atoms. The molecular weight excluding hydrogens is 416 g/mol. The van der Waals surface area contributed by atoms with Gasteiger partial charge in [0.1, 0.15) is 0 Å². The van der Waals surface area contributed by atoms with Crippen LogP contribution in [0, 0.1) is 11.8 Å². The molecule has 2 aliphatic rings. The molecule has 170 valence electrons. The van der Waals surface area contributed by atoms with Crippen molar-refractivity contribution in [2.75, 3.05) is 23.7 Å². The lowest BCUT2D eigenvalue weighted by atomic mass is 10.1. The molecule has 2 aromatic heterocycles. The molecule has 0 saturated heterocycles. The topological polar surface area (TPSA) is 31.8 Å². The van der Waals surface area contributed by atoms with E-state index in [1.54, 1.807) is 0 Å². The van der Waals surface area contributed by atoms with Crippen LogP contribution in [0.25, 0.3) is 0 Å². The molecule has 2 N–H and O–H groups in total. The number of pyridine rings is 2. The number of nitrogens with one attached hydrogen (secondary N) is 2. The third-order valence-corrected chi connectivity index (χ3v) is 6.18. The van der Waals surface area contributed by atoms with Crippen molar-refractivity contribution in [1.82, 2.24) is 0 Å². The van der Waals surface area contributed by atoms with Crippen LogP contribution in [0.2, 0.25) is 0 Å². The summed E-state index contributed by atoms with van der Waals surface area (Å²) in [4.78, 5) is 0. The van der Waals surface area contributed by atoms with Crippen LogP contribution in [0.4, 0.5) is 11.4 Å². The fourth-order valence-corrected chi connectivity index (χ4v) is 4.40. The summed E-state index contributed by atoms with van der Waals surface area (Å²) >= 11 is 0. The zero-order chi connectivity index (χ0) is 23.0. The van der Waals surface area contributed by atoms with Crippen LogP contribution < -0.4 is 19.8 Å². The molecule has 0 bridgehead atoms. The smallest absolute Gasteiger partial charge is 0.192 e. The molecule has 4 heteroatoms. The van der Waals surface area contributed by atoms with Crippen LogP contribution in [0.5, 0.6) is 0 Å². The molecule has 0 saturated carbocycles. The normalized spacial score (nSPS) is 14.8. The average Bonchev–Trinajstić information content (AvgIpc) is 3.57. The Morgan fingerprint density at radius 2 is 1.06 bits per heavy atom. The third kappa shape index (κ3) is 6.10. The van der Waals surface area contributed by atoms with Gasteiger partial charge < -0.3 is 10.6 Å². The van der Waals surface area contributed by atoms with Crippen molar-refractivity contribution in [2.24, 2.45) is 11.8 Å². The van der Waals surface area contributed by atoms with E-state index >= 15 is 0 Å². The molecule has 1 aromatic carbocycles. The largest absolute Gasteiger partial charge is 0.379 e. The standard InChI is InChI=1S/C30H32N4/c1-2-9-25(8-1)19-31-29-14-6-16-33(23-29)21-27-12-5-13-28(18-27)22-34-17-7-15-30(24-34)32-20-26-10-3-4-11-26/h1-18,23-26,31-32H,19-22H2/q+2. The maximum absolute atomic E-state index is 3.55. The molecule has 2 aliphatic carbocycles. The second-order valence-corrected chi connectivity index (χ2v) is 8.98. The highest BCUT2D eigenvalue weighted by molar-refractivity contribution is 5.40. The van der Waals surface area contributed by atoms with Crippen LogP contribution in [0.1, 0.15) is 11.1 Å². The molecule has 3 aromatic rings. The van der Waals surface area contributed by atoms with E-state index in [9.17, 15) is 0 Å². The maximum Gasteiger partial charge on any atom is 0.192 e. The fourth-order valence-electron chi connectivity index (χ4n) is 4.40. The third-order valence-electron chi connectivity index (χ3n) is 6.18. The van der Waals surface area contributed by atoms with Crippen molar-refractivity contribution in [1.29, 1.82) is 0 Å². The quantitative estimate of drug-likeness (QED) is 0.442. The first-order valence-corrected chi connectivity index (χ1v) is 12.0. The number of hydrogen-bond donors (Lipinski definition) is 2. The Hall–Kier alpha value is -3.92. The summed E-state index contributed by atoms with van der Waals surface area (Å²) in [6.45, 7) is 3.54. The lowest BCUT2D eigenvalue weighted by Crippen LogP contribution is -2.35. The number of aromatic nitrogens is 2. The Balaban J connectivity index is 1.19. The monoisotopic (exact) mass is 448 g/mol. The minimum absolute atomic E-state index is 0.480. The van der Waals surface area contributed by atoms with Gasteiger partial charge >= 0.3 is 0 Å². The highest BCUT2D eigenvalue weighted by Crippen LogP contribution is 2.13. The van der Waals surface area contributed by atoms with Gasteiger partial charge in [0.05, 0.1) is 11.4 Å². The summed E-state index contributed by atoms with van der Waals surface area (Å²) in [5.41, 5.74) is 4.90. The maximum atomic E-state index is 3.55. The fraction of sp³-hybridized carbons (Fsp3) is 0.200. The first-order chi connectivity index (χ1) is 16.8. The lowest BCUT2D eigenvalue weighted by Gasteiger charge is -2.09. The van der Waals surface area contributed by atoms with E-state index in [2.05, 4.69) is 142 Å². The van der Waals surface area contributed by atoms with Crippen molar-refractivity contribution in [3.63, 3.8) is 0 Å². The van der Waals surface area contributed by atoms with Crippen LogP contribution in [-0.4, -0.2) is 13.1 Å². The lowest BCUT2D eigenvalue weighted by molar-refractivity contribution is -0.688. The number of benzene rings is 1. The number of allylic oxidation sites excluding steroid dienone is 4. The Morgan fingerprint density at radius 1 is 0.588 bits per heavy atom. The van der Waals surface area contributed by atoms with E-state index in [4.69, 9.17) is 0 Å². The van der Waals surface area contributed by atoms with E-state index in [0.717, 1.165) is 37.6 Å². The number of anilines is 2. The van der Waals surface area contributed by atoms with Crippen LogP contribution in [0.15, 0.2) is 122 Å². The van der Waals surface area contributed by atoms with Crippen LogP contribution in [0.3, 0.4) is 0 Å². The predicted molar refractivity (Wildman–Crippen MR) is 138 cm³/mol. The molecule has 0 radical (unpaired) electrons. The van der Waals surface area contributed by atoms with Gasteiger partial charge in [-0.15, -0.1) is 0 Å². The van der Waals surface area contributed by atoms with Gasteiger partial charge in [0.25, 0.3) is 0 Å². The highest BCUT2D eigenvalue weighted by atomic mass is 15.0. The average molecular weight is 449 g/mol. The van der Waals surface area contributed by atoms with Gasteiger partial charge in [0, 0.05) is 48.2 Å². The summed E-state index contributed by atoms with van der Waals surface area (Å²) in [6.07, 6.45) is 26.0. The summed E-state index contributed by atoms with van der Waals surface area (Å²) < 4.78 is 4.48. The zero-order valence-electron chi connectivity index (χ0n) is 19.4. The minimum atomic E-state index is 0.480. The number of rotatable bonds is 10. The van der Waals surface area contributed by atoms with Crippen LogP contribution in [-0.2, 0) is 13.1 Å². The van der Waals surface area contributed by atoms with Gasteiger partial charge in [-0.05, 0) is 18.2 Å². The Labute approximate surface area is 202 Å². The predicted octanol–water partition coefficient (Wildman–Crippen LogP) is 4.67. The molecule has 0 aliphatic heterocycles. The van der Waals surface area contributed by atoms with E-state index in [-0.39, 0.29) is 0 Å². The van der Waals surface area contributed by atoms with Gasteiger partial charge in [0.15, 0.2) is 37.9 Å². The molecule has 0 amide bonds. The molecule has 0 unspecified atom stereocenters. The van der Waals surface area contributed by atoms with Crippen molar-refractivity contribution < 1.29 is 9.13 Å². The van der Waals surface area contributed by atoms with Gasteiger partial charge in [-0.25, -0.2) is 0 Å². The van der Waals surface area contributed by atoms with Crippen molar-refractivity contribution >= 4 is 11.4 Å². The number of hydrogen-bond acceptors (Lipinski definition) is 2. The molecule has 0 fully saturated rings. The van der Waals surface area contributed by atoms with Crippen molar-refractivity contribution in [3.8, 4) is 0 Å². The SMILES string of the molecule is C1=CC(CNc2ccc[n+](Cc3cccc(C[n+]4cccc(NCC5C=CC=C5)c4)c3)c2)C=C1. The zero-order valence-corrected chi connectivity index (χ0v) is 19.4. The summed E-state index contributed by atoms with van der Waals surface area (Å²) in [6, 6.07) is 17.4. The second kappa shape index (κ2) is 10.8. The number of nitrogens with zero attached hydrogens (tertiary/aromatic N) is 2. The molecule has 0 spiro atoms. The van der Waals surface area contributed by atoms with E-state index in [1.807, 2.05) is 0 Å². The first kappa shape index (κ1) is 21.9. The second-order valence-electron chi connectivity index (χ2n) is 8.98. The van der Waals surface area contributed by atoms with Crippen molar-refractivity contribution in [3.05, 3.63) is 133 Å². The minimum Gasteiger partial charge on any atom is -0.379 e. The molecule has 4 nitrogen and oxygen atoms in total. The van der Waals surface area contributed by atoms with E-state index in [1.165, 1.54) is 11.1 Å². The summed E-state index contributed by atoms with van der Waals surface area (Å²) in [7, 11) is 0. The Morgan fingerprint density at radius 3 is 1.53 bits per heavy atom. The molecular formula is C30H32N4+2. The summed E-state index contributed by atoms with van der Waals surface area (Å²) in [5, 5.41) is 7.10. The molecule has 0 atom stereocenters. The van der Waals surface area contributed by atoms with Crippen molar-refractivity contribution in [2.45, 2.75) is 13.1 Å². The van der Waals surface area contributed by atoms with Gasteiger partial charge in [-0.2, -0.15) is 9.13 Å². The van der Waals surface area contributed by atoms with Crippen LogP contribution >= 0.6 is 0 Å². The highest BCUT2D eigenvalue weighted by Gasteiger charge is 2.10. The Bertz CT molecular complexity index is 1120. The molecule has 5 rings (SSSR count). The van der Waals surface area contributed by atoms with E-state index < -0.39 is 0 Å². The molecule has 2 heterocycles. The van der Waals surface area contributed by atoms with E-state index in [0.29, 0.717) is 11.8 Å². The summed E-state index contributed by atoms with van der Waals surface area (Å²) in [5.74, 6) is 0.959. The first-order valence-electron chi connectivity index (χ1n) is 12.0. The van der Waals surface area contributed by atoms with Gasteiger partial charge in [0.2, 0.25) is 0 Å². The van der Waals surface area contributed by atoms with Gasteiger partial charge in [-0.3, -0.25) is 0 Å². The van der Waals surface area contributed by atoms with Gasteiger partial charge in [-0.1, -0.05) is 66.8 Å². The Kier molecular flexibility index (Phi) is 6.96.